The number of nitrogens with zero attached hydrogens (tertiary/aromatic N) is 1. The molecule has 2 aliphatic heterocycles. The fraction of sp³-hybridized carbons (Fsp3) is 0.900. The molecule has 98 valence electrons. The molecular weight excluding hydrogens is 237 g/mol. The van der Waals surface area contributed by atoms with Crippen molar-refractivity contribution in [2.45, 2.75) is 37.1 Å². The molecule has 4 nitrogen and oxygen atoms in total. The highest BCUT2D eigenvalue weighted by Gasteiger charge is 2.52. The molecule has 0 radical (unpaired) electrons. The van der Waals surface area contributed by atoms with Gasteiger partial charge in [-0.25, -0.2) is 0 Å². The molecule has 7 heteroatoms. The first-order chi connectivity index (χ1) is 7.84. The molecule has 0 spiro atoms. The lowest BCUT2D eigenvalue weighted by molar-refractivity contribution is -0.197. The van der Waals surface area contributed by atoms with E-state index in [1.807, 2.05) is 0 Å². The second kappa shape index (κ2) is 4.13. The summed E-state index contributed by atoms with van der Waals surface area (Å²) in [5.74, 6) is -1.83. The van der Waals surface area contributed by atoms with E-state index >= 15 is 0 Å². The van der Waals surface area contributed by atoms with Gasteiger partial charge < -0.3 is 15.3 Å². The van der Waals surface area contributed by atoms with E-state index in [0.29, 0.717) is 12.8 Å². The largest absolute Gasteiger partial charge is 0.471 e. The summed E-state index contributed by atoms with van der Waals surface area (Å²) in [4.78, 5) is 12.1. The Morgan fingerprint density at radius 3 is 2.47 bits per heavy atom. The summed E-state index contributed by atoms with van der Waals surface area (Å²) in [5.41, 5.74) is -1.19. The second-order valence-corrected chi connectivity index (χ2v) is 4.72. The van der Waals surface area contributed by atoms with Gasteiger partial charge in [0.1, 0.15) is 5.60 Å². The standard InChI is InChI=1S/C10H15F3N2O2/c11-10(12,13)8(16)15-4-2-1-3-7(15)9(17)5-14-6-9/h7,14,17H,1-6H2. The van der Waals surface area contributed by atoms with Crippen LogP contribution in [-0.4, -0.2) is 53.4 Å². The number of nitrogens with one attached hydrogen (secondary N) is 1. The maximum absolute atomic E-state index is 12.4. The number of halogens is 3. The molecule has 0 bridgehead atoms. The first-order valence-electron chi connectivity index (χ1n) is 5.65. The number of hydrogen-bond acceptors (Lipinski definition) is 3. The molecular formula is C10H15F3N2O2. The molecule has 0 aromatic heterocycles. The number of likely N-dealkylation sites (tertiary alicyclic amines) is 1. The van der Waals surface area contributed by atoms with Gasteiger partial charge in [-0.1, -0.05) is 0 Å². The van der Waals surface area contributed by atoms with E-state index in [1.54, 1.807) is 0 Å². The summed E-state index contributed by atoms with van der Waals surface area (Å²) >= 11 is 0. The lowest BCUT2D eigenvalue weighted by Crippen LogP contribution is -2.71. The van der Waals surface area contributed by atoms with E-state index in [9.17, 15) is 23.1 Å². The molecule has 2 saturated heterocycles. The van der Waals surface area contributed by atoms with Crippen molar-refractivity contribution < 1.29 is 23.1 Å². The minimum absolute atomic E-state index is 0.0747. The summed E-state index contributed by atoms with van der Waals surface area (Å²) in [7, 11) is 0. The van der Waals surface area contributed by atoms with Crippen LogP contribution >= 0.6 is 0 Å². The fourth-order valence-electron chi connectivity index (χ4n) is 2.51. The molecule has 1 atom stereocenters. The van der Waals surface area contributed by atoms with E-state index in [1.165, 1.54) is 0 Å². The summed E-state index contributed by atoms with van der Waals surface area (Å²) in [5, 5.41) is 12.9. The normalized spacial score (nSPS) is 28.7. The SMILES string of the molecule is O=C(N1CCCCC1C1(O)CNC1)C(F)(F)F. The number of carbonyl (C=O) groups is 1. The molecule has 2 rings (SSSR count). The van der Waals surface area contributed by atoms with Gasteiger partial charge in [-0.05, 0) is 19.3 Å². The molecule has 0 aromatic rings. The van der Waals surface area contributed by atoms with E-state index in [-0.39, 0.29) is 19.6 Å². The number of amides is 1. The molecule has 2 aliphatic rings. The molecule has 2 N–H and O–H groups in total. The monoisotopic (exact) mass is 252 g/mol. The van der Waals surface area contributed by atoms with E-state index in [4.69, 9.17) is 0 Å². The Labute approximate surface area is 96.8 Å². The first-order valence-corrected chi connectivity index (χ1v) is 5.65. The van der Waals surface area contributed by atoms with Crippen molar-refractivity contribution in [2.75, 3.05) is 19.6 Å². The zero-order valence-electron chi connectivity index (χ0n) is 9.26. The molecule has 1 amide bonds. The van der Waals surface area contributed by atoms with Crippen LogP contribution in [0.15, 0.2) is 0 Å². The predicted molar refractivity (Wildman–Crippen MR) is 53.2 cm³/mol. The van der Waals surface area contributed by atoms with Crippen LogP contribution in [0.4, 0.5) is 13.2 Å². The van der Waals surface area contributed by atoms with Gasteiger partial charge in [0.15, 0.2) is 0 Å². The van der Waals surface area contributed by atoms with Crippen molar-refractivity contribution in [3.8, 4) is 0 Å². The molecule has 0 saturated carbocycles. The van der Waals surface area contributed by atoms with E-state index in [0.717, 1.165) is 11.3 Å². The summed E-state index contributed by atoms with van der Waals surface area (Å²) in [6.45, 7) is 0.573. The summed E-state index contributed by atoms with van der Waals surface area (Å²) < 4.78 is 37.3. The smallest absolute Gasteiger partial charge is 0.385 e. The van der Waals surface area contributed by atoms with Crippen molar-refractivity contribution in [1.82, 2.24) is 10.2 Å². The highest BCUT2D eigenvalue weighted by Crippen LogP contribution is 2.32. The predicted octanol–water partition coefficient (Wildman–Crippen LogP) is 0.264. The van der Waals surface area contributed by atoms with Crippen LogP contribution in [0.25, 0.3) is 0 Å². The van der Waals surface area contributed by atoms with Gasteiger partial charge in [0, 0.05) is 19.6 Å². The topological polar surface area (TPSA) is 52.6 Å². The van der Waals surface area contributed by atoms with Gasteiger partial charge in [-0.3, -0.25) is 4.79 Å². The van der Waals surface area contributed by atoms with Crippen molar-refractivity contribution in [2.24, 2.45) is 0 Å². The second-order valence-electron chi connectivity index (χ2n) is 4.72. The number of alkyl halides is 3. The molecule has 0 aromatic carbocycles. The molecule has 2 heterocycles. The third kappa shape index (κ3) is 2.26. The van der Waals surface area contributed by atoms with Crippen LogP contribution in [0.5, 0.6) is 0 Å². The Kier molecular flexibility index (Phi) is 3.07. The minimum atomic E-state index is -4.86. The quantitative estimate of drug-likeness (QED) is 0.704. The maximum atomic E-state index is 12.4. The van der Waals surface area contributed by atoms with Crippen molar-refractivity contribution >= 4 is 5.91 Å². The molecule has 1 unspecified atom stereocenters. The minimum Gasteiger partial charge on any atom is -0.385 e. The Morgan fingerprint density at radius 2 is 2.00 bits per heavy atom. The number of carbonyl (C=O) groups excluding carboxylic acids is 1. The Morgan fingerprint density at radius 1 is 1.35 bits per heavy atom. The highest BCUT2D eigenvalue weighted by molar-refractivity contribution is 5.82. The summed E-state index contributed by atoms with van der Waals surface area (Å²) in [6.07, 6.45) is -3.13. The van der Waals surface area contributed by atoms with E-state index < -0.39 is 23.7 Å². The van der Waals surface area contributed by atoms with Crippen LogP contribution in [0.3, 0.4) is 0 Å². The lowest BCUT2D eigenvalue weighted by atomic mass is 9.82. The van der Waals surface area contributed by atoms with Gasteiger partial charge in [-0.15, -0.1) is 0 Å². The third-order valence-electron chi connectivity index (χ3n) is 3.49. The van der Waals surface area contributed by atoms with Gasteiger partial charge in [0.25, 0.3) is 0 Å². The van der Waals surface area contributed by atoms with Crippen LogP contribution in [0.2, 0.25) is 0 Å². The maximum Gasteiger partial charge on any atom is 0.471 e. The van der Waals surface area contributed by atoms with Gasteiger partial charge in [0.05, 0.1) is 6.04 Å². The van der Waals surface area contributed by atoms with Crippen LogP contribution < -0.4 is 5.32 Å². The lowest BCUT2D eigenvalue weighted by Gasteiger charge is -2.50. The van der Waals surface area contributed by atoms with E-state index in [2.05, 4.69) is 5.32 Å². The number of β-amino-alcohol motifs (C(OH)–C–C–N with tert-alkyl or cyclic N) is 1. The van der Waals surface area contributed by atoms with Crippen molar-refractivity contribution in [3.05, 3.63) is 0 Å². The Hall–Kier alpha value is -0.820. The molecule has 2 fully saturated rings. The molecule has 0 aliphatic carbocycles. The van der Waals surface area contributed by atoms with Crippen LogP contribution in [0.1, 0.15) is 19.3 Å². The number of hydrogen-bond donors (Lipinski definition) is 2. The van der Waals surface area contributed by atoms with Gasteiger partial charge in [-0.2, -0.15) is 13.2 Å². The average Bonchev–Trinajstić information content (AvgIpc) is 2.23. The van der Waals surface area contributed by atoms with Crippen molar-refractivity contribution in [1.29, 1.82) is 0 Å². The summed E-state index contributed by atoms with van der Waals surface area (Å²) in [6, 6.07) is -0.716. The first kappa shape index (κ1) is 12.6. The number of rotatable bonds is 1. The average molecular weight is 252 g/mol. The fourth-order valence-corrected chi connectivity index (χ4v) is 2.51. The van der Waals surface area contributed by atoms with Crippen molar-refractivity contribution in [3.63, 3.8) is 0 Å². The third-order valence-corrected chi connectivity index (χ3v) is 3.49. The van der Waals surface area contributed by atoms with Crippen LogP contribution in [0, 0.1) is 0 Å². The zero-order valence-corrected chi connectivity index (χ0v) is 9.26. The van der Waals surface area contributed by atoms with Gasteiger partial charge in [0.2, 0.25) is 0 Å². The Bertz CT molecular complexity index is 315. The number of piperidine rings is 1. The number of aliphatic hydroxyl groups is 1. The highest BCUT2D eigenvalue weighted by atomic mass is 19.4. The zero-order chi connectivity index (χ0) is 12.7. The van der Waals surface area contributed by atoms with Crippen LogP contribution in [-0.2, 0) is 4.79 Å². The van der Waals surface area contributed by atoms with Gasteiger partial charge >= 0.3 is 12.1 Å². The molecule has 17 heavy (non-hydrogen) atoms. The Balaban J connectivity index is 2.15.